The number of methoxy groups -OCH3 is 2. The molecule has 628 valence electrons. The first kappa shape index (κ1) is 88.0. The molecule has 5 aromatic carbocycles. The molecule has 0 radical (unpaired) electrons. The number of non-ortho nitro benzene ring substituents is 1. The lowest BCUT2D eigenvalue weighted by Gasteiger charge is -2.68. The fourth-order valence-corrected chi connectivity index (χ4v) is 20.9. The maximum atomic E-state index is 15.5. The summed E-state index contributed by atoms with van der Waals surface area (Å²) in [7, 11) is 2.95. The molecule has 6 fully saturated rings. The summed E-state index contributed by atoms with van der Waals surface area (Å²) in [5, 5.41) is 49.7. The van der Waals surface area contributed by atoms with Crippen LogP contribution < -0.4 is 4.74 Å². The summed E-state index contributed by atoms with van der Waals surface area (Å²) >= 11 is 0. The van der Waals surface area contributed by atoms with Crippen LogP contribution in [0.1, 0.15) is 174 Å². The zero-order chi connectivity index (χ0) is 84.5. The van der Waals surface area contributed by atoms with Gasteiger partial charge in [-0.15, -0.1) is 0 Å². The van der Waals surface area contributed by atoms with Crippen LogP contribution in [0.15, 0.2) is 168 Å². The van der Waals surface area contributed by atoms with Gasteiger partial charge in [0.25, 0.3) is 5.69 Å². The Bertz CT molecular complexity index is 4680. The number of hydrogen-bond acceptors (Lipinski definition) is 26. The number of ether oxygens (including phenoxy) is 12. The molecule has 2 aliphatic heterocycles. The van der Waals surface area contributed by atoms with Crippen molar-refractivity contribution in [3.63, 3.8) is 0 Å². The third-order valence-corrected chi connectivity index (χ3v) is 27.0. The number of aliphatic hydroxyl groups is 3. The van der Waals surface area contributed by atoms with Crippen LogP contribution in [0.25, 0.3) is 0 Å². The maximum Gasteiger partial charge on any atom is 0.514 e. The summed E-state index contributed by atoms with van der Waals surface area (Å²) in [6.45, 7) is 23.0. The van der Waals surface area contributed by atoms with E-state index in [9.17, 15) is 59.0 Å². The second-order valence-corrected chi connectivity index (χ2v) is 33.7. The van der Waals surface area contributed by atoms with Gasteiger partial charge in [0.1, 0.15) is 65.1 Å². The number of fused-ring (bicyclic) bond motifs is 10. The molecule has 117 heavy (non-hydrogen) atoms. The number of ketones is 2. The van der Waals surface area contributed by atoms with Crippen molar-refractivity contribution in [3.8, 4) is 5.75 Å². The molecule has 3 N–H and O–H groups in total. The lowest BCUT2D eigenvalue weighted by atomic mass is 9.43. The number of nitro groups is 1. The van der Waals surface area contributed by atoms with Gasteiger partial charge in [0.05, 0.1) is 64.1 Å². The van der Waals surface area contributed by atoms with Crippen molar-refractivity contribution in [2.45, 2.75) is 225 Å². The van der Waals surface area contributed by atoms with Gasteiger partial charge in [-0.1, -0.05) is 160 Å². The van der Waals surface area contributed by atoms with E-state index in [1.807, 2.05) is 30.3 Å². The van der Waals surface area contributed by atoms with Crippen molar-refractivity contribution in [1.82, 2.24) is 0 Å². The number of nitrogens with zero attached hydrogens (tertiary/aromatic N) is 1. The number of benzene rings is 5. The van der Waals surface area contributed by atoms with Crippen LogP contribution >= 0.6 is 0 Å². The monoisotopic (exact) mass is 1620 g/mol. The summed E-state index contributed by atoms with van der Waals surface area (Å²) in [4.78, 5) is 138. The number of esters is 6. The van der Waals surface area contributed by atoms with Crippen molar-refractivity contribution in [2.24, 2.45) is 45.3 Å². The van der Waals surface area contributed by atoms with E-state index < -0.39 is 188 Å². The van der Waals surface area contributed by atoms with Crippen LogP contribution in [0, 0.1) is 55.4 Å². The zero-order valence-corrected chi connectivity index (χ0v) is 68.0. The van der Waals surface area contributed by atoms with E-state index >= 15 is 9.59 Å². The van der Waals surface area contributed by atoms with Crippen molar-refractivity contribution < 1.29 is 120 Å². The third kappa shape index (κ3) is 14.9. The summed E-state index contributed by atoms with van der Waals surface area (Å²) in [5.74, 6) is -11.2. The minimum atomic E-state index is -2.17. The molecule has 13 rings (SSSR count). The molecule has 8 aliphatic rings. The summed E-state index contributed by atoms with van der Waals surface area (Å²) in [6.07, 6.45) is -13.5. The third-order valence-electron chi connectivity index (χ3n) is 27.0. The number of aliphatic hydroxyl groups excluding tert-OH is 1. The van der Waals surface area contributed by atoms with Crippen molar-refractivity contribution in [3.05, 3.63) is 200 Å². The number of nitro benzene ring substituents is 1. The van der Waals surface area contributed by atoms with Crippen LogP contribution in [-0.4, -0.2) is 185 Å². The average molecular weight is 1620 g/mol. The van der Waals surface area contributed by atoms with Gasteiger partial charge < -0.3 is 72.2 Å². The second-order valence-electron chi connectivity index (χ2n) is 33.7. The van der Waals surface area contributed by atoms with Gasteiger partial charge in [0, 0.05) is 100 Å². The van der Waals surface area contributed by atoms with E-state index in [1.54, 1.807) is 174 Å². The Morgan fingerprint density at radius 2 is 0.906 bits per heavy atom. The molecule has 6 aliphatic carbocycles. The molecule has 0 aromatic heterocycles. The Hall–Kier alpha value is -9.87. The van der Waals surface area contributed by atoms with E-state index in [4.69, 9.17) is 56.8 Å². The minimum Gasteiger partial charge on any atom is -0.456 e. The quantitative estimate of drug-likeness (QED) is 0.0173. The number of Topliss-reactive ketones (excluding diaryl/α,β-unsaturated/α-hetero) is 2. The number of rotatable bonds is 19. The maximum absolute atomic E-state index is 15.5. The number of carbonyl (C=O) groups is 9. The first-order valence-electron chi connectivity index (χ1n) is 39.1. The van der Waals surface area contributed by atoms with Gasteiger partial charge in [-0.3, -0.25) is 29.3 Å². The number of hydrogen-bond donors (Lipinski definition) is 3. The molecular formula is C90H107NO26. The summed E-state index contributed by atoms with van der Waals surface area (Å²) < 4.78 is 73.0. The standard InChI is InChI=1S/C48H53NO15.C41H50O11.CH4/c1-26(30-15-11-9-12-16-30)38(62-44(54)60-33-21-19-32(20-22-33)49(56)57)43(53)61-34-24-48(55)41(63-42(52)31-17-13-10-14-18-31)39-46(7,40(51)28(3)37(27(34)2)45(48,5)6)35(58-8)23-36-47(39,25-59-36)64-29(4)50;1-22(26-15-11-9-12-16-26)32(43)37(46)50-28-20-41(47)35(51-36(45)27-17-13-10-14-18-27)33-39(7,34(44)24(3)31(23(28)2)38(41,5)6)29(48-8)19-30-40(33,21-49-30)52-25(4)42;/h9-22,26,28,34-36,38-39,41,55H,23-25H2,1-8H3;9-18,22,24,28-30,32-33,35,43,47H,19-21H2,1-8H3;1H4/t26-,28+,34?,35-,36+,38+,39-,41-,46+,47-,48+;22-,24+,28?,29-,30+,32+,33-,35-,39+,40-,41+;/m00./s1. The predicted molar refractivity (Wildman–Crippen MR) is 420 cm³/mol. The Labute approximate surface area is 680 Å². The van der Waals surface area contributed by atoms with Gasteiger partial charge in [-0.05, 0) is 97.5 Å². The van der Waals surface area contributed by atoms with E-state index in [2.05, 4.69) is 0 Å². The smallest absolute Gasteiger partial charge is 0.456 e. The molecule has 0 spiro atoms. The zero-order valence-electron chi connectivity index (χ0n) is 68.0. The SMILES string of the molecule is C.CO[C@H]1C[C@H]2OC[C@@]2(OC(C)=O)[C@H]2[C@H](OC(=O)c3ccccc3)[C@]3(O)CC(OC(=O)[C@H](O)[C@@H](C)c4ccccc4)C(C)=C([C@@H](C)C(=O)[C@]12C)C3(C)C.CO[C@H]1C[C@H]2OC[C@@]2(OC(C)=O)[C@H]2[C@H](OC(=O)c3ccccc3)[C@]3(O)CC(OC(=O)[C@H](OC(=O)Oc4ccc([N+](=O)[O-])cc4)[C@@H](C)c4ccccc4)C(C)=C([C@@H](C)C(=O)[C@]12C)C3(C)C. The van der Waals surface area contributed by atoms with Crippen molar-refractivity contribution in [2.75, 3.05) is 27.4 Å². The van der Waals surface area contributed by atoms with E-state index in [-0.39, 0.29) is 80.5 Å². The van der Waals surface area contributed by atoms with Crippen LogP contribution in [0.2, 0.25) is 0 Å². The van der Waals surface area contributed by atoms with Crippen LogP contribution in [0.4, 0.5) is 10.5 Å². The number of carbonyl (C=O) groups excluding carboxylic acids is 9. The Balaban J connectivity index is 0.000000233. The van der Waals surface area contributed by atoms with Crippen LogP contribution in [0.5, 0.6) is 5.75 Å². The minimum absolute atomic E-state index is 0. The molecule has 2 saturated heterocycles. The molecule has 5 aromatic rings. The van der Waals surface area contributed by atoms with Gasteiger partial charge in [-0.25, -0.2) is 24.0 Å². The predicted octanol–water partition coefficient (Wildman–Crippen LogP) is 12.2. The highest BCUT2D eigenvalue weighted by atomic mass is 16.7. The fraction of sp³-hybridized carbons (Fsp3) is 0.522. The van der Waals surface area contributed by atoms with Gasteiger partial charge in [0.2, 0.25) is 6.10 Å². The van der Waals surface area contributed by atoms with E-state index in [0.717, 1.165) is 17.7 Å². The summed E-state index contributed by atoms with van der Waals surface area (Å²) in [5.41, 5.74) is -9.48. The first-order chi connectivity index (χ1) is 54.7. The van der Waals surface area contributed by atoms with Gasteiger partial charge >= 0.3 is 42.0 Å². The van der Waals surface area contributed by atoms with Crippen LogP contribution in [0.3, 0.4) is 0 Å². The Kier molecular flexibility index (Phi) is 24.9. The highest BCUT2D eigenvalue weighted by molar-refractivity contribution is 5.94. The second kappa shape index (κ2) is 33.1. The Morgan fingerprint density at radius 3 is 1.26 bits per heavy atom. The van der Waals surface area contributed by atoms with Crippen LogP contribution in [-0.2, 0) is 80.9 Å². The lowest BCUT2D eigenvalue weighted by molar-refractivity contribution is -0.384. The van der Waals surface area contributed by atoms with Gasteiger partial charge in [-0.2, -0.15) is 0 Å². The van der Waals surface area contributed by atoms with Crippen molar-refractivity contribution in [1.29, 1.82) is 0 Å². The highest BCUT2D eigenvalue weighted by Crippen LogP contribution is 2.68. The van der Waals surface area contributed by atoms with E-state index in [1.165, 1.54) is 40.2 Å². The molecule has 0 amide bonds. The normalized spacial score (nSPS) is 33.1. The lowest BCUT2D eigenvalue weighted by Crippen LogP contribution is -2.81. The molecule has 2 heterocycles. The molecule has 4 saturated carbocycles. The van der Waals surface area contributed by atoms with Gasteiger partial charge in [0.15, 0.2) is 17.3 Å². The fourth-order valence-electron chi connectivity index (χ4n) is 20.9. The molecule has 4 bridgehead atoms. The molecule has 2 unspecified atom stereocenters. The molecule has 27 heteroatoms. The average Bonchev–Trinajstić information content (AvgIpc) is 0.672. The highest BCUT2D eigenvalue weighted by Gasteiger charge is 2.80. The van der Waals surface area contributed by atoms with E-state index in [0.29, 0.717) is 27.9 Å². The topological polar surface area (TPSA) is 368 Å². The molecular weight excluding hydrogens is 1510 g/mol. The molecule has 22 atom stereocenters. The first-order valence-corrected chi connectivity index (χ1v) is 39.1. The summed E-state index contributed by atoms with van der Waals surface area (Å²) in [6, 6.07) is 38.9. The Morgan fingerprint density at radius 1 is 0.538 bits per heavy atom. The van der Waals surface area contributed by atoms with Crippen molar-refractivity contribution >= 4 is 59.2 Å². The molecule has 27 nitrogen and oxygen atoms in total. The largest absolute Gasteiger partial charge is 0.514 e.